The van der Waals surface area contributed by atoms with E-state index in [-0.39, 0.29) is 5.82 Å². The number of aromatic nitrogens is 2. The van der Waals surface area contributed by atoms with Crippen LogP contribution in [0.4, 0.5) is 4.39 Å². The maximum atomic E-state index is 13.3. The summed E-state index contributed by atoms with van der Waals surface area (Å²) in [6.45, 7) is 2.58. The quantitative estimate of drug-likeness (QED) is 0.804. The minimum atomic E-state index is -0.845. The van der Waals surface area contributed by atoms with Gasteiger partial charge in [-0.25, -0.2) is 4.39 Å². The van der Waals surface area contributed by atoms with Crippen molar-refractivity contribution in [3.05, 3.63) is 46.9 Å². The van der Waals surface area contributed by atoms with Crippen LogP contribution in [-0.2, 0) is 6.54 Å². The number of thiophene rings is 1. The highest BCUT2D eigenvalue weighted by atomic mass is 32.1. The molecule has 3 rings (SSSR count). The van der Waals surface area contributed by atoms with Crippen LogP contribution in [0, 0.1) is 5.82 Å². The molecule has 0 radical (unpaired) electrons. The largest absolute Gasteiger partial charge is 0.493 e. The van der Waals surface area contributed by atoms with Gasteiger partial charge in [-0.1, -0.05) is 6.07 Å². The number of hydrogen-bond acceptors (Lipinski definition) is 4. The molecular weight excluding hydrogens is 291 g/mol. The topological polar surface area (TPSA) is 47.3 Å². The smallest absolute Gasteiger partial charge is 0.163 e. The van der Waals surface area contributed by atoms with Crippen LogP contribution in [-0.4, -0.2) is 22.0 Å². The summed E-state index contributed by atoms with van der Waals surface area (Å²) in [5.41, 5.74) is 0.618. The number of rotatable bonds is 4. The summed E-state index contributed by atoms with van der Waals surface area (Å²) < 4.78 is 21.0. The van der Waals surface area contributed by atoms with Crippen molar-refractivity contribution in [1.82, 2.24) is 9.78 Å². The number of hydrogen-bond donors (Lipinski definition) is 1. The molecule has 1 unspecified atom stereocenters. The lowest BCUT2D eigenvalue weighted by Crippen LogP contribution is -2.09. The summed E-state index contributed by atoms with van der Waals surface area (Å²) in [6, 6.07) is 6.48. The first kappa shape index (κ1) is 14.0. The van der Waals surface area contributed by atoms with Gasteiger partial charge in [-0.15, -0.1) is 11.3 Å². The van der Waals surface area contributed by atoms with Gasteiger partial charge >= 0.3 is 0 Å². The predicted octanol–water partition coefficient (Wildman–Crippen LogP) is 3.35. The monoisotopic (exact) mass is 306 g/mol. The molecule has 4 nitrogen and oxygen atoms in total. The lowest BCUT2D eigenvalue weighted by molar-refractivity contribution is 0.206. The van der Waals surface area contributed by atoms with E-state index in [2.05, 4.69) is 5.10 Å². The van der Waals surface area contributed by atoms with E-state index in [0.717, 1.165) is 15.0 Å². The summed E-state index contributed by atoms with van der Waals surface area (Å²) in [7, 11) is 1.55. The van der Waals surface area contributed by atoms with Gasteiger partial charge < -0.3 is 9.84 Å². The van der Waals surface area contributed by atoms with Crippen molar-refractivity contribution in [3.8, 4) is 5.75 Å². The van der Waals surface area contributed by atoms with Crippen molar-refractivity contribution < 1.29 is 14.2 Å². The molecular formula is C15H15FN2O2S. The average molecular weight is 306 g/mol. The molecule has 0 amide bonds. The van der Waals surface area contributed by atoms with Gasteiger partial charge in [-0.05, 0) is 30.5 Å². The number of methoxy groups -OCH3 is 1. The summed E-state index contributed by atoms with van der Waals surface area (Å²) in [5.74, 6) is 0.273. The number of benzene rings is 1. The van der Waals surface area contributed by atoms with E-state index >= 15 is 0 Å². The van der Waals surface area contributed by atoms with E-state index in [9.17, 15) is 9.50 Å². The fourth-order valence-electron chi connectivity index (χ4n) is 2.36. The third kappa shape index (κ3) is 2.41. The lowest BCUT2D eigenvalue weighted by Gasteiger charge is -2.12. The molecule has 0 bridgehead atoms. The molecule has 21 heavy (non-hydrogen) atoms. The SMILES string of the molecule is CCn1ncc(OC)c1C(O)c1cc2ccc(F)cc2s1. The minimum absolute atomic E-state index is 0.276. The predicted molar refractivity (Wildman–Crippen MR) is 80.3 cm³/mol. The first-order valence-electron chi connectivity index (χ1n) is 6.60. The number of aliphatic hydroxyl groups excluding tert-OH is 1. The van der Waals surface area contributed by atoms with Gasteiger partial charge in [-0.2, -0.15) is 5.10 Å². The number of halogens is 1. The molecule has 0 spiro atoms. The molecule has 0 fully saturated rings. The lowest BCUT2D eigenvalue weighted by atomic mass is 10.1. The highest BCUT2D eigenvalue weighted by Crippen LogP contribution is 2.36. The molecule has 110 valence electrons. The molecule has 0 aliphatic heterocycles. The van der Waals surface area contributed by atoms with E-state index in [0.29, 0.717) is 18.0 Å². The maximum Gasteiger partial charge on any atom is 0.163 e. The van der Waals surface area contributed by atoms with Crippen LogP contribution in [0.5, 0.6) is 5.75 Å². The Morgan fingerprint density at radius 3 is 2.95 bits per heavy atom. The molecule has 1 aromatic carbocycles. The molecule has 0 aliphatic carbocycles. The van der Waals surface area contributed by atoms with Crippen LogP contribution in [0.2, 0.25) is 0 Å². The number of nitrogens with zero attached hydrogens (tertiary/aromatic N) is 2. The van der Waals surface area contributed by atoms with Crippen LogP contribution < -0.4 is 4.74 Å². The molecule has 0 saturated carbocycles. The number of aryl methyl sites for hydroxylation is 1. The Morgan fingerprint density at radius 2 is 2.24 bits per heavy atom. The third-order valence-corrected chi connectivity index (χ3v) is 4.54. The van der Waals surface area contributed by atoms with Gasteiger partial charge in [0.05, 0.1) is 13.3 Å². The van der Waals surface area contributed by atoms with Crippen LogP contribution in [0.3, 0.4) is 0 Å². The molecule has 2 aromatic heterocycles. The van der Waals surface area contributed by atoms with Gasteiger partial charge in [0.15, 0.2) is 5.75 Å². The highest BCUT2D eigenvalue weighted by molar-refractivity contribution is 7.19. The van der Waals surface area contributed by atoms with Gasteiger partial charge in [0, 0.05) is 16.1 Å². The Morgan fingerprint density at radius 1 is 1.43 bits per heavy atom. The van der Waals surface area contributed by atoms with E-state index in [1.54, 1.807) is 24.1 Å². The summed E-state index contributed by atoms with van der Waals surface area (Å²) >= 11 is 1.37. The standard InChI is InChI=1S/C15H15FN2O2S/c1-3-18-14(11(20-2)8-17-18)15(19)13-6-9-4-5-10(16)7-12(9)21-13/h4-8,15,19H,3H2,1-2H3. The van der Waals surface area contributed by atoms with Crippen molar-refractivity contribution in [1.29, 1.82) is 0 Å². The number of fused-ring (bicyclic) bond motifs is 1. The van der Waals surface area contributed by atoms with Crippen molar-refractivity contribution >= 4 is 21.4 Å². The van der Waals surface area contributed by atoms with E-state index < -0.39 is 6.10 Å². The molecule has 3 aromatic rings. The van der Waals surface area contributed by atoms with Crippen molar-refractivity contribution in [2.45, 2.75) is 19.6 Å². The second kappa shape index (κ2) is 5.46. The third-order valence-electron chi connectivity index (χ3n) is 3.39. The Balaban J connectivity index is 2.07. The normalized spacial score (nSPS) is 12.8. The Bertz CT molecular complexity index is 760. The number of aliphatic hydroxyl groups is 1. The Labute approximate surface area is 125 Å². The fourth-order valence-corrected chi connectivity index (χ4v) is 3.44. The highest BCUT2D eigenvalue weighted by Gasteiger charge is 2.22. The van der Waals surface area contributed by atoms with Gasteiger partial charge in [0.1, 0.15) is 17.6 Å². The Hall–Kier alpha value is -1.92. The van der Waals surface area contributed by atoms with Crippen molar-refractivity contribution in [2.75, 3.05) is 7.11 Å². The van der Waals surface area contributed by atoms with Crippen LogP contribution in [0.25, 0.3) is 10.1 Å². The molecule has 1 N–H and O–H groups in total. The van der Waals surface area contributed by atoms with Crippen molar-refractivity contribution in [2.24, 2.45) is 0 Å². The van der Waals surface area contributed by atoms with Crippen LogP contribution >= 0.6 is 11.3 Å². The molecule has 6 heteroatoms. The van der Waals surface area contributed by atoms with E-state index in [1.807, 2.05) is 13.0 Å². The van der Waals surface area contributed by atoms with Crippen LogP contribution in [0.1, 0.15) is 23.6 Å². The van der Waals surface area contributed by atoms with E-state index in [1.165, 1.54) is 23.5 Å². The molecule has 1 atom stereocenters. The molecule has 2 heterocycles. The zero-order valence-corrected chi connectivity index (χ0v) is 12.5. The first-order valence-corrected chi connectivity index (χ1v) is 7.42. The second-order valence-electron chi connectivity index (χ2n) is 4.65. The zero-order valence-electron chi connectivity index (χ0n) is 11.7. The zero-order chi connectivity index (χ0) is 15.0. The first-order chi connectivity index (χ1) is 10.1. The summed E-state index contributed by atoms with van der Waals surface area (Å²) in [4.78, 5) is 0.740. The summed E-state index contributed by atoms with van der Waals surface area (Å²) in [6.07, 6.45) is 0.748. The fraction of sp³-hybridized carbons (Fsp3) is 0.267. The van der Waals surface area contributed by atoms with Gasteiger partial charge in [0.2, 0.25) is 0 Å². The summed E-state index contributed by atoms with van der Waals surface area (Å²) in [5, 5.41) is 15.8. The second-order valence-corrected chi connectivity index (χ2v) is 5.76. The average Bonchev–Trinajstić information content (AvgIpc) is 3.08. The molecule has 0 saturated heterocycles. The maximum absolute atomic E-state index is 13.3. The number of ether oxygens (including phenoxy) is 1. The van der Waals surface area contributed by atoms with Crippen molar-refractivity contribution in [3.63, 3.8) is 0 Å². The molecule has 0 aliphatic rings. The van der Waals surface area contributed by atoms with Gasteiger partial charge in [-0.3, -0.25) is 4.68 Å². The van der Waals surface area contributed by atoms with E-state index in [4.69, 9.17) is 4.74 Å². The Kier molecular flexibility index (Phi) is 3.65. The van der Waals surface area contributed by atoms with Crippen LogP contribution in [0.15, 0.2) is 30.5 Å². The minimum Gasteiger partial charge on any atom is -0.493 e. The van der Waals surface area contributed by atoms with Gasteiger partial charge in [0.25, 0.3) is 0 Å².